The topological polar surface area (TPSA) is 105 Å². The number of nitriles is 1. The molecule has 8 heteroatoms. The van der Waals surface area contributed by atoms with Crippen LogP contribution in [0.2, 0.25) is 0 Å². The summed E-state index contributed by atoms with van der Waals surface area (Å²) < 4.78 is 33.8. The van der Waals surface area contributed by atoms with Crippen LogP contribution in [-0.2, 0) is 16.6 Å². The monoisotopic (exact) mass is 343 g/mol. The summed E-state index contributed by atoms with van der Waals surface area (Å²) in [4.78, 5) is 11.7. The Bertz CT molecular complexity index is 1100. The van der Waals surface area contributed by atoms with E-state index in [9.17, 15) is 13.2 Å². The van der Waals surface area contributed by atoms with E-state index in [1.807, 2.05) is 6.07 Å². The number of rotatable bonds is 4. The van der Waals surface area contributed by atoms with Crippen molar-refractivity contribution in [2.45, 2.75) is 18.4 Å². The average molecular weight is 343 g/mol. The zero-order valence-corrected chi connectivity index (χ0v) is 13.5. The standard InChI is InChI=1S/C16H13N3O4S/c1-2-19-14-8-7-13(9-15(14)23-16(19)20)24(21,22)18-12-5-3-11(10-17)4-6-12/h3-9,18H,2H2,1H3. The highest BCUT2D eigenvalue weighted by molar-refractivity contribution is 7.92. The molecule has 0 atom stereocenters. The molecule has 0 spiro atoms. The Labute approximate surface area is 137 Å². The van der Waals surface area contributed by atoms with Crippen LogP contribution in [0.15, 0.2) is 56.6 Å². The number of aromatic nitrogens is 1. The second kappa shape index (κ2) is 5.86. The molecule has 1 heterocycles. The Balaban J connectivity index is 1.98. The molecule has 7 nitrogen and oxygen atoms in total. The first kappa shape index (κ1) is 15.8. The van der Waals surface area contributed by atoms with Crippen molar-refractivity contribution >= 4 is 26.8 Å². The fraction of sp³-hybridized carbons (Fsp3) is 0.125. The quantitative estimate of drug-likeness (QED) is 0.782. The van der Waals surface area contributed by atoms with Gasteiger partial charge in [0.25, 0.3) is 10.0 Å². The third-order valence-corrected chi connectivity index (χ3v) is 4.91. The number of nitrogens with zero attached hydrogens (tertiary/aromatic N) is 2. The van der Waals surface area contributed by atoms with Crippen LogP contribution in [0.4, 0.5) is 5.69 Å². The summed E-state index contributed by atoms with van der Waals surface area (Å²) in [5.41, 5.74) is 1.52. The van der Waals surface area contributed by atoms with E-state index in [0.717, 1.165) is 0 Å². The van der Waals surface area contributed by atoms with Crippen molar-refractivity contribution in [1.29, 1.82) is 5.26 Å². The number of sulfonamides is 1. The number of nitrogens with one attached hydrogen (secondary N) is 1. The lowest BCUT2D eigenvalue weighted by molar-refractivity contribution is 0.512. The maximum Gasteiger partial charge on any atom is 0.419 e. The third-order valence-electron chi connectivity index (χ3n) is 3.53. The molecule has 0 bridgehead atoms. The van der Waals surface area contributed by atoms with Crippen LogP contribution in [-0.4, -0.2) is 13.0 Å². The summed E-state index contributed by atoms with van der Waals surface area (Å²) in [6.07, 6.45) is 0. The summed E-state index contributed by atoms with van der Waals surface area (Å²) in [5.74, 6) is -0.526. The predicted molar refractivity (Wildman–Crippen MR) is 88.1 cm³/mol. The molecule has 1 N–H and O–H groups in total. The third kappa shape index (κ3) is 2.77. The molecule has 0 saturated carbocycles. The first-order valence-corrected chi connectivity index (χ1v) is 8.59. The highest BCUT2D eigenvalue weighted by Gasteiger charge is 2.17. The van der Waals surface area contributed by atoms with Gasteiger partial charge >= 0.3 is 5.76 Å². The summed E-state index contributed by atoms with van der Waals surface area (Å²) in [7, 11) is -3.84. The van der Waals surface area contributed by atoms with Gasteiger partial charge in [-0.15, -0.1) is 0 Å². The molecule has 0 saturated heterocycles. The number of benzene rings is 2. The van der Waals surface area contributed by atoms with Gasteiger partial charge in [-0.05, 0) is 43.3 Å². The number of anilines is 1. The van der Waals surface area contributed by atoms with Crippen molar-refractivity contribution in [1.82, 2.24) is 4.57 Å². The highest BCUT2D eigenvalue weighted by Crippen LogP contribution is 2.21. The minimum absolute atomic E-state index is 0.0173. The second-order valence-corrected chi connectivity index (χ2v) is 6.72. The van der Waals surface area contributed by atoms with Crippen LogP contribution in [0.3, 0.4) is 0 Å². The van der Waals surface area contributed by atoms with Crippen molar-refractivity contribution in [3.63, 3.8) is 0 Å². The van der Waals surface area contributed by atoms with Crippen molar-refractivity contribution in [3.8, 4) is 6.07 Å². The molecule has 0 fully saturated rings. The predicted octanol–water partition coefficient (Wildman–Crippen LogP) is 2.29. The van der Waals surface area contributed by atoms with Crippen LogP contribution in [0.5, 0.6) is 0 Å². The average Bonchev–Trinajstić information content (AvgIpc) is 2.89. The Hall–Kier alpha value is -3.05. The summed E-state index contributed by atoms with van der Waals surface area (Å²) in [6.45, 7) is 2.23. The Kier molecular flexibility index (Phi) is 3.87. The van der Waals surface area contributed by atoms with Gasteiger partial charge in [0.1, 0.15) is 0 Å². The first-order valence-electron chi connectivity index (χ1n) is 7.11. The molecule has 3 aromatic rings. The van der Waals surface area contributed by atoms with Gasteiger partial charge in [0.05, 0.1) is 22.0 Å². The van der Waals surface area contributed by atoms with E-state index in [1.165, 1.54) is 47.0 Å². The van der Waals surface area contributed by atoms with Crippen LogP contribution in [0.25, 0.3) is 11.1 Å². The van der Waals surface area contributed by atoms with Gasteiger partial charge in [0.2, 0.25) is 0 Å². The fourth-order valence-electron chi connectivity index (χ4n) is 2.34. The Morgan fingerprint density at radius 2 is 1.92 bits per heavy atom. The van der Waals surface area contributed by atoms with Crippen molar-refractivity contribution < 1.29 is 12.8 Å². The number of hydrogen-bond acceptors (Lipinski definition) is 5. The fourth-order valence-corrected chi connectivity index (χ4v) is 3.41. The van der Waals surface area contributed by atoms with E-state index >= 15 is 0 Å². The molecule has 0 radical (unpaired) electrons. The number of fused-ring (bicyclic) bond motifs is 1. The van der Waals surface area contributed by atoms with Crippen LogP contribution >= 0.6 is 0 Å². The zero-order valence-electron chi connectivity index (χ0n) is 12.7. The van der Waals surface area contributed by atoms with Crippen molar-refractivity contribution in [3.05, 3.63) is 58.6 Å². The smallest absolute Gasteiger partial charge is 0.408 e. The molecule has 1 aromatic heterocycles. The maximum absolute atomic E-state index is 12.5. The van der Waals surface area contributed by atoms with Gasteiger partial charge in [0.15, 0.2) is 5.58 Å². The minimum Gasteiger partial charge on any atom is -0.408 e. The molecule has 0 aliphatic rings. The summed E-state index contributed by atoms with van der Waals surface area (Å²) >= 11 is 0. The molecular formula is C16H13N3O4S. The first-order chi connectivity index (χ1) is 11.4. The van der Waals surface area contributed by atoms with Crippen LogP contribution in [0, 0.1) is 11.3 Å². The second-order valence-electron chi connectivity index (χ2n) is 5.04. The van der Waals surface area contributed by atoms with Crippen molar-refractivity contribution in [2.24, 2.45) is 0 Å². The lowest BCUT2D eigenvalue weighted by Gasteiger charge is -2.08. The maximum atomic E-state index is 12.5. The van der Waals surface area contributed by atoms with E-state index in [4.69, 9.17) is 9.68 Å². The molecule has 122 valence electrons. The lowest BCUT2D eigenvalue weighted by Crippen LogP contribution is -2.13. The number of hydrogen-bond donors (Lipinski definition) is 1. The van der Waals surface area contributed by atoms with Gasteiger partial charge in [0, 0.05) is 18.3 Å². The van der Waals surface area contributed by atoms with Gasteiger partial charge in [-0.25, -0.2) is 13.2 Å². The van der Waals surface area contributed by atoms with E-state index in [2.05, 4.69) is 4.72 Å². The zero-order chi connectivity index (χ0) is 17.3. The molecule has 0 unspecified atom stereocenters. The normalized spacial score (nSPS) is 11.3. The van der Waals surface area contributed by atoms with Crippen molar-refractivity contribution in [2.75, 3.05) is 4.72 Å². The molecule has 24 heavy (non-hydrogen) atoms. The molecule has 0 amide bonds. The molecule has 0 aliphatic heterocycles. The van der Waals surface area contributed by atoms with Crippen LogP contribution in [0.1, 0.15) is 12.5 Å². The van der Waals surface area contributed by atoms with E-state index in [1.54, 1.807) is 6.92 Å². The summed E-state index contributed by atoms with van der Waals surface area (Å²) in [5, 5.41) is 8.76. The van der Waals surface area contributed by atoms with E-state index in [0.29, 0.717) is 23.3 Å². The van der Waals surface area contributed by atoms with Gasteiger partial charge in [-0.3, -0.25) is 9.29 Å². The lowest BCUT2D eigenvalue weighted by atomic mass is 10.2. The Morgan fingerprint density at radius 3 is 2.54 bits per heavy atom. The number of aryl methyl sites for hydroxylation is 1. The van der Waals surface area contributed by atoms with Gasteiger partial charge in [-0.2, -0.15) is 5.26 Å². The van der Waals surface area contributed by atoms with Gasteiger partial charge in [-0.1, -0.05) is 0 Å². The van der Waals surface area contributed by atoms with Crippen LogP contribution < -0.4 is 10.5 Å². The molecule has 0 aliphatic carbocycles. The van der Waals surface area contributed by atoms with E-state index in [-0.39, 0.29) is 10.5 Å². The SMILES string of the molecule is CCn1c(=O)oc2cc(S(=O)(=O)Nc3ccc(C#N)cc3)ccc21. The summed E-state index contributed by atoms with van der Waals surface area (Å²) in [6, 6.07) is 12.3. The van der Waals surface area contributed by atoms with E-state index < -0.39 is 15.8 Å². The largest absolute Gasteiger partial charge is 0.419 e. The minimum atomic E-state index is -3.84. The molecule has 3 rings (SSSR count). The highest BCUT2D eigenvalue weighted by atomic mass is 32.2. The molecular weight excluding hydrogens is 330 g/mol. The van der Waals surface area contributed by atoms with Gasteiger partial charge < -0.3 is 4.42 Å². The molecule has 2 aromatic carbocycles. The Morgan fingerprint density at radius 1 is 1.21 bits per heavy atom. The number of oxazole rings is 1.